The van der Waals surface area contributed by atoms with E-state index in [1.165, 1.54) is 6.33 Å². The molecule has 2 rings (SSSR count). The number of allylic oxidation sites excluding steroid dienone is 2. The molecule has 0 bridgehead atoms. The monoisotopic (exact) mass is 277 g/mol. The van der Waals surface area contributed by atoms with Crippen LogP contribution in [0.25, 0.3) is 11.2 Å². The number of rotatable bonds is 7. The van der Waals surface area contributed by atoms with Gasteiger partial charge in [-0.3, -0.25) is 0 Å². The topological polar surface area (TPSA) is 96.1 Å². The van der Waals surface area contributed by atoms with E-state index in [-0.39, 0.29) is 19.1 Å². The molecule has 0 aliphatic carbocycles. The Labute approximate surface area is 117 Å². The van der Waals surface area contributed by atoms with Crippen molar-refractivity contribution in [2.75, 3.05) is 25.6 Å². The number of aromatic nitrogens is 4. The second-order valence-electron chi connectivity index (χ2n) is 4.48. The molecule has 0 aliphatic rings. The van der Waals surface area contributed by atoms with Crippen molar-refractivity contribution in [3.05, 3.63) is 24.8 Å². The molecule has 7 heteroatoms. The summed E-state index contributed by atoms with van der Waals surface area (Å²) in [6.45, 7) is 0.626. The average Bonchev–Trinajstić information content (AvgIpc) is 2.90. The van der Waals surface area contributed by atoms with E-state index in [0.29, 0.717) is 18.8 Å². The molecule has 108 valence electrons. The fraction of sp³-hybridized carbons (Fsp3) is 0.462. The molecule has 0 aromatic carbocycles. The summed E-state index contributed by atoms with van der Waals surface area (Å²) < 4.78 is 1.92. The molecule has 2 heterocycles. The Morgan fingerprint density at radius 2 is 2.05 bits per heavy atom. The third-order valence-electron chi connectivity index (χ3n) is 3.09. The minimum Gasteiger partial charge on any atom is -0.396 e. The molecule has 0 amide bonds. The molecule has 0 aliphatic heterocycles. The van der Waals surface area contributed by atoms with Gasteiger partial charge in [0.05, 0.1) is 6.33 Å². The van der Waals surface area contributed by atoms with Crippen LogP contribution < -0.4 is 5.32 Å². The van der Waals surface area contributed by atoms with E-state index in [1.54, 1.807) is 13.4 Å². The van der Waals surface area contributed by atoms with Crippen LogP contribution in [0.3, 0.4) is 0 Å². The molecule has 0 spiro atoms. The molecule has 7 nitrogen and oxygen atoms in total. The van der Waals surface area contributed by atoms with Crippen LogP contribution in [0.4, 0.5) is 5.82 Å². The largest absolute Gasteiger partial charge is 0.396 e. The predicted molar refractivity (Wildman–Crippen MR) is 76.3 cm³/mol. The van der Waals surface area contributed by atoms with Crippen molar-refractivity contribution in [2.24, 2.45) is 5.92 Å². The highest BCUT2D eigenvalue weighted by Crippen LogP contribution is 2.16. The maximum atomic E-state index is 8.98. The minimum absolute atomic E-state index is 0.00635. The molecule has 0 atom stereocenters. The Kier molecular flexibility index (Phi) is 5.03. The lowest BCUT2D eigenvalue weighted by atomic mass is 10.1. The first-order chi connectivity index (χ1) is 9.80. The van der Waals surface area contributed by atoms with Crippen molar-refractivity contribution in [1.82, 2.24) is 19.5 Å². The highest BCUT2D eigenvalue weighted by atomic mass is 16.3. The molecule has 0 saturated heterocycles. The molecule has 3 N–H and O–H groups in total. The average molecular weight is 277 g/mol. The van der Waals surface area contributed by atoms with E-state index in [1.807, 2.05) is 16.7 Å². The maximum Gasteiger partial charge on any atom is 0.165 e. The van der Waals surface area contributed by atoms with Gasteiger partial charge < -0.3 is 20.1 Å². The molecular formula is C13H19N5O2. The van der Waals surface area contributed by atoms with E-state index in [9.17, 15) is 0 Å². The van der Waals surface area contributed by atoms with Gasteiger partial charge in [0, 0.05) is 32.7 Å². The smallest absolute Gasteiger partial charge is 0.165 e. The van der Waals surface area contributed by atoms with E-state index in [4.69, 9.17) is 10.2 Å². The summed E-state index contributed by atoms with van der Waals surface area (Å²) in [6, 6.07) is 0. The summed E-state index contributed by atoms with van der Waals surface area (Å²) in [5.74, 6) is 0.613. The third kappa shape index (κ3) is 3.12. The van der Waals surface area contributed by atoms with Gasteiger partial charge in [0.2, 0.25) is 0 Å². The first-order valence-electron chi connectivity index (χ1n) is 6.50. The van der Waals surface area contributed by atoms with Gasteiger partial charge in [-0.1, -0.05) is 12.2 Å². The van der Waals surface area contributed by atoms with Crippen molar-refractivity contribution in [1.29, 1.82) is 0 Å². The second kappa shape index (κ2) is 6.97. The van der Waals surface area contributed by atoms with Crippen LogP contribution in [0, 0.1) is 5.92 Å². The summed E-state index contributed by atoms with van der Waals surface area (Å²) >= 11 is 0. The van der Waals surface area contributed by atoms with E-state index >= 15 is 0 Å². The van der Waals surface area contributed by atoms with E-state index < -0.39 is 0 Å². The predicted octanol–water partition coefficient (Wildman–Crippen LogP) is 0.415. The summed E-state index contributed by atoms with van der Waals surface area (Å²) in [5.41, 5.74) is 1.52. The van der Waals surface area contributed by atoms with Gasteiger partial charge in [0.1, 0.15) is 11.8 Å². The lowest BCUT2D eigenvalue weighted by Gasteiger charge is -2.06. The third-order valence-corrected chi connectivity index (χ3v) is 3.09. The lowest BCUT2D eigenvalue weighted by molar-refractivity contribution is 0.152. The summed E-state index contributed by atoms with van der Waals surface area (Å²) in [6.07, 6.45) is 7.80. The van der Waals surface area contributed by atoms with Crippen LogP contribution in [0.5, 0.6) is 0 Å². The molecule has 0 saturated carbocycles. The molecule has 0 fully saturated rings. The number of nitrogens with zero attached hydrogens (tertiary/aromatic N) is 4. The first-order valence-corrected chi connectivity index (χ1v) is 6.50. The molecule has 2 aromatic rings. The Morgan fingerprint density at radius 1 is 1.25 bits per heavy atom. The van der Waals surface area contributed by atoms with Crippen LogP contribution in [-0.4, -0.2) is 50.0 Å². The lowest BCUT2D eigenvalue weighted by Crippen LogP contribution is -2.09. The van der Waals surface area contributed by atoms with Gasteiger partial charge >= 0.3 is 0 Å². The summed E-state index contributed by atoms with van der Waals surface area (Å²) in [5, 5.41) is 20.9. The van der Waals surface area contributed by atoms with Crippen molar-refractivity contribution < 1.29 is 10.2 Å². The SMILES string of the molecule is CNc1ncnc2c1ncn2C/C=C\CC(CO)CO. The van der Waals surface area contributed by atoms with Crippen LogP contribution in [0.2, 0.25) is 0 Å². The fourth-order valence-corrected chi connectivity index (χ4v) is 1.88. The van der Waals surface area contributed by atoms with Gasteiger partial charge in [0.25, 0.3) is 0 Å². The number of aliphatic hydroxyl groups excluding tert-OH is 2. The number of hydrogen-bond donors (Lipinski definition) is 3. The number of imidazole rings is 1. The van der Waals surface area contributed by atoms with Gasteiger partial charge in [-0.05, 0) is 6.42 Å². The standard InChI is InChI=1S/C13H19N5O2/c1-14-12-11-13(16-8-15-12)18(9-17-11)5-3-2-4-10(6-19)7-20/h2-3,8-10,19-20H,4-7H2,1H3,(H,14,15,16)/b3-2-. The molecule has 0 unspecified atom stereocenters. The number of nitrogens with one attached hydrogen (secondary N) is 1. The van der Waals surface area contributed by atoms with Gasteiger partial charge in [-0.2, -0.15) is 0 Å². The fourth-order valence-electron chi connectivity index (χ4n) is 1.88. The highest BCUT2D eigenvalue weighted by molar-refractivity contribution is 5.82. The van der Waals surface area contributed by atoms with Crippen molar-refractivity contribution in [3.63, 3.8) is 0 Å². The molecule has 0 radical (unpaired) electrons. The maximum absolute atomic E-state index is 8.98. The number of fused-ring (bicyclic) bond motifs is 1. The van der Waals surface area contributed by atoms with E-state index in [2.05, 4.69) is 20.3 Å². The summed E-state index contributed by atoms with van der Waals surface area (Å²) in [4.78, 5) is 12.6. The molecular weight excluding hydrogens is 258 g/mol. The van der Waals surface area contributed by atoms with Gasteiger partial charge in [-0.15, -0.1) is 0 Å². The quantitative estimate of drug-likeness (QED) is 0.635. The van der Waals surface area contributed by atoms with Crippen LogP contribution in [0.15, 0.2) is 24.8 Å². The Balaban J connectivity index is 2.05. The van der Waals surface area contributed by atoms with Crippen molar-refractivity contribution in [2.45, 2.75) is 13.0 Å². The van der Waals surface area contributed by atoms with Crippen molar-refractivity contribution in [3.8, 4) is 0 Å². The normalized spacial score (nSPS) is 11.8. The Morgan fingerprint density at radius 3 is 2.75 bits per heavy atom. The van der Waals surface area contributed by atoms with Gasteiger partial charge in [-0.25, -0.2) is 15.0 Å². The molecule has 2 aromatic heterocycles. The number of aliphatic hydroxyl groups is 2. The van der Waals surface area contributed by atoms with Gasteiger partial charge in [0.15, 0.2) is 11.5 Å². The zero-order valence-corrected chi connectivity index (χ0v) is 11.4. The zero-order chi connectivity index (χ0) is 14.4. The van der Waals surface area contributed by atoms with Crippen LogP contribution >= 0.6 is 0 Å². The molecule has 20 heavy (non-hydrogen) atoms. The Hall–Kier alpha value is -1.99. The first kappa shape index (κ1) is 14.4. The van der Waals surface area contributed by atoms with E-state index in [0.717, 1.165) is 11.2 Å². The second-order valence-corrected chi connectivity index (χ2v) is 4.48. The number of anilines is 1. The minimum atomic E-state index is -0.0935. The highest BCUT2D eigenvalue weighted by Gasteiger charge is 2.07. The zero-order valence-electron chi connectivity index (χ0n) is 11.4. The Bertz CT molecular complexity index is 577. The van der Waals surface area contributed by atoms with Crippen LogP contribution in [-0.2, 0) is 6.54 Å². The van der Waals surface area contributed by atoms with Crippen LogP contribution in [0.1, 0.15) is 6.42 Å². The number of hydrogen-bond acceptors (Lipinski definition) is 6. The summed E-state index contributed by atoms with van der Waals surface area (Å²) in [7, 11) is 1.80. The van der Waals surface area contributed by atoms with Crippen molar-refractivity contribution >= 4 is 17.0 Å².